The van der Waals surface area contributed by atoms with E-state index in [1.165, 1.54) is 0 Å². The first kappa shape index (κ1) is 17.4. The van der Waals surface area contributed by atoms with E-state index < -0.39 is 0 Å². The van der Waals surface area contributed by atoms with Gasteiger partial charge in [-0.25, -0.2) is 0 Å². The minimum atomic E-state index is -0.182. The minimum absolute atomic E-state index is 0.139. The van der Waals surface area contributed by atoms with E-state index in [0.717, 1.165) is 0 Å². The third-order valence-corrected chi connectivity index (χ3v) is 2.34. The second-order valence-electron chi connectivity index (χ2n) is 4.74. The maximum Gasteiger partial charge on any atom is 0.246 e. The van der Waals surface area contributed by atoms with Crippen LogP contribution in [0.1, 0.15) is 27.7 Å². The number of hydrogen-bond donors (Lipinski definition) is 2. The lowest BCUT2D eigenvalue weighted by Crippen LogP contribution is -2.38. The lowest BCUT2D eigenvalue weighted by atomic mass is 10.3. The Balaban J connectivity index is 3.89. The molecule has 0 heterocycles. The van der Waals surface area contributed by atoms with Crippen molar-refractivity contribution < 1.29 is 14.3 Å². The molecule has 0 aromatic heterocycles. The molecule has 0 aliphatic rings. The highest BCUT2D eigenvalue weighted by atomic mass is 16.5. The van der Waals surface area contributed by atoms with E-state index in [4.69, 9.17) is 4.74 Å². The van der Waals surface area contributed by atoms with Gasteiger partial charge < -0.3 is 15.4 Å². The van der Waals surface area contributed by atoms with Crippen molar-refractivity contribution in [2.24, 2.45) is 0 Å². The summed E-state index contributed by atoms with van der Waals surface area (Å²) >= 11 is 0. The minimum Gasteiger partial charge on any atom is -0.372 e. The van der Waals surface area contributed by atoms with Crippen LogP contribution in [0, 0.1) is 0 Å². The average Bonchev–Trinajstić information content (AvgIpc) is 2.32. The van der Waals surface area contributed by atoms with Gasteiger partial charge in [0.2, 0.25) is 11.8 Å². The summed E-state index contributed by atoms with van der Waals surface area (Å²) < 4.78 is 5.62. The van der Waals surface area contributed by atoms with Crippen molar-refractivity contribution in [3.05, 3.63) is 24.3 Å². The predicted molar refractivity (Wildman–Crippen MR) is 75.7 cm³/mol. The van der Waals surface area contributed by atoms with Crippen LogP contribution in [0.5, 0.6) is 0 Å². The molecule has 0 fully saturated rings. The standard InChI is InChI=1S/C14H24N2O3/c1-9(2)13(17)15-7-11(5)19-12(6)8-16-14(18)10(3)4/h11-12H,1,3,7-8H2,2,4-6H3,(H,15,17)(H,16,18). The molecule has 2 amide bonds. The molecule has 0 aromatic rings. The lowest BCUT2D eigenvalue weighted by Gasteiger charge is -2.20. The Morgan fingerprint density at radius 1 is 0.947 bits per heavy atom. The van der Waals surface area contributed by atoms with Gasteiger partial charge in [-0.3, -0.25) is 9.59 Å². The van der Waals surface area contributed by atoms with Crippen molar-refractivity contribution in [2.75, 3.05) is 13.1 Å². The van der Waals surface area contributed by atoms with Gasteiger partial charge in [-0.15, -0.1) is 0 Å². The van der Waals surface area contributed by atoms with E-state index in [1.807, 2.05) is 13.8 Å². The average molecular weight is 268 g/mol. The fourth-order valence-electron chi connectivity index (χ4n) is 1.27. The van der Waals surface area contributed by atoms with Crippen LogP contribution in [0.4, 0.5) is 0 Å². The first-order chi connectivity index (χ1) is 8.73. The number of carbonyl (C=O) groups excluding carboxylic acids is 2. The van der Waals surface area contributed by atoms with E-state index in [-0.39, 0.29) is 24.0 Å². The number of hydrogen-bond acceptors (Lipinski definition) is 3. The van der Waals surface area contributed by atoms with E-state index in [1.54, 1.807) is 13.8 Å². The van der Waals surface area contributed by atoms with Gasteiger partial charge in [0, 0.05) is 24.2 Å². The molecule has 0 rings (SSSR count). The van der Waals surface area contributed by atoms with Gasteiger partial charge in [-0.1, -0.05) is 13.2 Å². The number of carbonyl (C=O) groups is 2. The molecule has 2 N–H and O–H groups in total. The Hall–Kier alpha value is -1.62. The molecule has 0 aromatic carbocycles. The second kappa shape index (κ2) is 8.48. The van der Waals surface area contributed by atoms with Gasteiger partial charge >= 0.3 is 0 Å². The Kier molecular flexibility index (Phi) is 7.75. The van der Waals surface area contributed by atoms with Crippen molar-refractivity contribution in [3.63, 3.8) is 0 Å². The Labute approximate surface area is 115 Å². The van der Waals surface area contributed by atoms with Crippen molar-refractivity contribution in [3.8, 4) is 0 Å². The van der Waals surface area contributed by atoms with Crippen LogP contribution in [-0.2, 0) is 14.3 Å². The predicted octanol–water partition coefficient (Wildman–Crippen LogP) is 1.16. The molecule has 0 saturated carbocycles. The Morgan fingerprint density at radius 2 is 1.26 bits per heavy atom. The number of nitrogens with one attached hydrogen (secondary N) is 2. The largest absolute Gasteiger partial charge is 0.372 e. The summed E-state index contributed by atoms with van der Waals surface area (Å²) in [5.41, 5.74) is 0.933. The fourth-order valence-corrected chi connectivity index (χ4v) is 1.27. The molecule has 108 valence electrons. The SMILES string of the molecule is C=C(C)C(=O)NCC(C)OC(C)CNC(=O)C(=C)C. The normalized spacial score (nSPS) is 13.3. The smallest absolute Gasteiger partial charge is 0.246 e. The van der Waals surface area contributed by atoms with Crippen LogP contribution in [0.2, 0.25) is 0 Å². The monoisotopic (exact) mass is 268 g/mol. The highest BCUT2D eigenvalue weighted by molar-refractivity contribution is 5.92. The van der Waals surface area contributed by atoms with E-state index in [0.29, 0.717) is 24.2 Å². The highest BCUT2D eigenvalue weighted by Crippen LogP contribution is 1.98. The van der Waals surface area contributed by atoms with Crippen molar-refractivity contribution in [1.82, 2.24) is 10.6 Å². The summed E-state index contributed by atoms with van der Waals surface area (Å²) in [5.74, 6) is -0.364. The first-order valence-corrected chi connectivity index (χ1v) is 6.27. The van der Waals surface area contributed by atoms with Gasteiger partial charge in [0.1, 0.15) is 0 Å². The highest BCUT2D eigenvalue weighted by Gasteiger charge is 2.11. The molecule has 0 radical (unpaired) electrons. The number of ether oxygens (including phenoxy) is 1. The molecule has 0 spiro atoms. The van der Waals surface area contributed by atoms with Crippen LogP contribution < -0.4 is 10.6 Å². The van der Waals surface area contributed by atoms with Gasteiger partial charge in [0.05, 0.1) is 12.2 Å². The molecule has 0 saturated heterocycles. The molecular formula is C14H24N2O3. The van der Waals surface area contributed by atoms with Gasteiger partial charge in [0.15, 0.2) is 0 Å². The van der Waals surface area contributed by atoms with Crippen molar-refractivity contribution >= 4 is 11.8 Å². The number of amides is 2. The molecule has 5 nitrogen and oxygen atoms in total. The summed E-state index contributed by atoms with van der Waals surface area (Å²) in [5, 5.41) is 5.41. The third kappa shape index (κ3) is 8.15. The fraction of sp³-hybridized carbons (Fsp3) is 0.571. The summed E-state index contributed by atoms with van der Waals surface area (Å²) in [4.78, 5) is 22.6. The Morgan fingerprint density at radius 3 is 1.53 bits per heavy atom. The molecule has 2 atom stereocenters. The topological polar surface area (TPSA) is 67.4 Å². The Bertz CT molecular complexity index is 330. The summed E-state index contributed by atoms with van der Waals surface area (Å²) in [6, 6.07) is 0. The summed E-state index contributed by atoms with van der Waals surface area (Å²) in [7, 11) is 0. The van der Waals surface area contributed by atoms with Crippen LogP contribution in [0.15, 0.2) is 24.3 Å². The molecule has 5 heteroatoms. The van der Waals surface area contributed by atoms with Crippen molar-refractivity contribution in [1.29, 1.82) is 0 Å². The zero-order valence-corrected chi connectivity index (χ0v) is 12.2. The van der Waals surface area contributed by atoms with Crippen LogP contribution in [-0.4, -0.2) is 37.1 Å². The maximum atomic E-state index is 11.3. The number of rotatable bonds is 8. The zero-order chi connectivity index (χ0) is 15.0. The zero-order valence-electron chi connectivity index (χ0n) is 12.2. The maximum absolute atomic E-state index is 11.3. The summed E-state index contributed by atoms with van der Waals surface area (Å²) in [6.07, 6.45) is -0.278. The quantitative estimate of drug-likeness (QED) is 0.649. The molecule has 0 bridgehead atoms. The third-order valence-electron chi connectivity index (χ3n) is 2.34. The van der Waals surface area contributed by atoms with Crippen molar-refractivity contribution in [2.45, 2.75) is 39.9 Å². The molecule has 0 aliphatic carbocycles. The lowest BCUT2D eigenvalue weighted by molar-refractivity contribution is -0.118. The van der Waals surface area contributed by atoms with Gasteiger partial charge in [-0.05, 0) is 27.7 Å². The van der Waals surface area contributed by atoms with Crippen LogP contribution in [0.25, 0.3) is 0 Å². The van der Waals surface area contributed by atoms with E-state index in [9.17, 15) is 9.59 Å². The molecular weight excluding hydrogens is 244 g/mol. The van der Waals surface area contributed by atoms with Gasteiger partial charge in [0.25, 0.3) is 0 Å². The van der Waals surface area contributed by atoms with E-state index in [2.05, 4.69) is 23.8 Å². The van der Waals surface area contributed by atoms with Gasteiger partial charge in [-0.2, -0.15) is 0 Å². The molecule has 2 unspecified atom stereocenters. The molecule has 19 heavy (non-hydrogen) atoms. The van der Waals surface area contributed by atoms with E-state index >= 15 is 0 Å². The first-order valence-electron chi connectivity index (χ1n) is 6.27. The van der Waals surface area contributed by atoms with Crippen LogP contribution >= 0.6 is 0 Å². The second-order valence-corrected chi connectivity index (χ2v) is 4.74. The summed E-state index contributed by atoms with van der Waals surface area (Å²) in [6.45, 7) is 14.9. The molecule has 0 aliphatic heterocycles. The van der Waals surface area contributed by atoms with Crippen LogP contribution in [0.3, 0.4) is 0 Å².